The lowest BCUT2D eigenvalue weighted by molar-refractivity contribution is 0.579. The Balaban J connectivity index is 1.98. The summed E-state index contributed by atoms with van der Waals surface area (Å²) in [4.78, 5) is 4.60. The number of aryl methyl sites for hydroxylation is 1. The molecule has 0 aliphatic heterocycles. The fourth-order valence-electron chi connectivity index (χ4n) is 2.35. The number of sulfone groups is 1. The Morgan fingerprint density at radius 3 is 2.83 bits per heavy atom. The van der Waals surface area contributed by atoms with Crippen LogP contribution >= 0.6 is 0 Å². The normalized spacial score (nSPS) is 11.9. The Labute approximate surface area is 134 Å². The number of fused-ring (bicyclic) bond motifs is 1. The minimum atomic E-state index is -3.04. The number of hydrogen-bond acceptors (Lipinski definition) is 5. The molecule has 0 saturated carbocycles. The van der Waals surface area contributed by atoms with E-state index in [-0.39, 0.29) is 12.3 Å². The lowest BCUT2D eigenvalue weighted by atomic mass is 10.3. The van der Waals surface area contributed by atoms with Gasteiger partial charge >= 0.3 is 0 Å². The first-order chi connectivity index (χ1) is 11.0. The molecule has 0 atom stereocenters. The average Bonchev–Trinajstić information content (AvgIpc) is 3.10. The van der Waals surface area contributed by atoms with Crippen LogP contribution in [0.15, 0.2) is 43.1 Å². The molecular weight excluding hydrogens is 314 g/mol. The van der Waals surface area contributed by atoms with Crippen molar-refractivity contribution in [1.29, 1.82) is 0 Å². The smallest absolute Gasteiger partial charge is 0.163 e. The molecule has 0 bridgehead atoms. The number of nitrogens with zero attached hydrogens (tertiary/aromatic N) is 5. The zero-order chi connectivity index (χ0) is 16.4. The first-order valence-electron chi connectivity index (χ1n) is 7.12. The van der Waals surface area contributed by atoms with Gasteiger partial charge < -0.3 is 4.57 Å². The highest BCUT2D eigenvalue weighted by atomic mass is 32.2. The molecule has 1 aromatic carbocycles. The zero-order valence-corrected chi connectivity index (χ0v) is 13.6. The molecule has 0 saturated heterocycles. The number of rotatable bonds is 6. The van der Waals surface area contributed by atoms with Gasteiger partial charge in [-0.25, -0.2) is 13.4 Å². The van der Waals surface area contributed by atoms with Crippen molar-refractivity contribution in [2.45, 2.75) is 13.1 Å². The highest BCUT2D eigenvalue weighted by Gasteiger charge is 2.15. The van der Waals surface area contributed by atoms with Crippen molar-refractivity contribution in [3.8, 4) is 11.5 Å². The first kappa shape index (κ1) is 15.4. The summed E-state index contributed by atoms with van der Waals surface area (Å²) in [5.74, 6) is 0.718. The van der Waals surface area contributed by atoms with E-state index in [0.717, 1.165) is 11.0 Å². The van der Waals surface area contributed by atoms with Crippen LogP contribution in [0, 0.1) is 0 Å². The second-order valence-electron chi connectivity index (χ2n) is 5.32. The Kier molecular flexibility index (Phi) is 3.99. The SMILES string of the molecule is C=CCn1c(-c2cn(CCS(C)(=O)=O)nn2)nc2ccccc21. The van der Waals surface area contributed by atoms with Gasteiger partial charge in [-0.2, -0.15) is 0 Å². The standard InChI is InChI=1S/C15H17N5O2S/c1-3-8-20-14-7-5-4-6-12(14)16-15(20)13-11-19(18-17-13)9-10-23(2,21)22/h3-7,11H,1,8-10H2,2H3. The number of benzene rings is 1. The minimum absolute atomic E-state index is 0.0267. The number of aromatic nitrogens is 5. The van der Waals surface area contributed by atoms with Crippen LogP contribution < -0.4 is 0 Å². The van der Waals surface area contributed by atoms with Crippen LogP contribution in [0.25, 0.3) is 22.6 Å². The maximum atomic E-state index is 11.2. The van der Waals surface area contributed by atoms with E-state index in [4.69, 9.17) is 0 Å². The topological polar surface area (TPSA) is 82.7 Å². The monoisotopic (exact) mass is 331 g/mol. The predicted octanol–water partition coefficient (Wildman–Crippen LogP) is 1.53. The highest BCUT2D eigenvalue weighted by Crippen LogP contribution is 2.23. The van der Waals surface area contributed by atoms with E-state index < -0.39 is 9.84 Å². The summed E-state index contributed by atoms with van der Waals surface area (Å²) < 4.78 is 26.0. The van der Waals surface area contributed by atoms with E-state index in [0.29, 0.717) is 18.1 Å². The van der Waals surface area contributed by atoms with Gasteiger partial charge in [-0.15, -0.1) is 11.7 Å². The van der Waals surface area contributed by atoms with Crippen molar-refractivity contribution in [3.05, 3.63) is 43.1 Å². The molecule has 3 rings (SSSR count). The molecule has 3 aromatic rings. The van der Waals surface area contributed by atoms with Crippen molar-refractivity contribution in [2.75, 3.05) is 12.0 Å². The quantitative estimate of drug-likeness (QED) is 0.640. The second kappa shape index (κ2) is 5.96. The molecule has 0 spiro atoms. The summed E-state index contributed by atoms with van der Waals surface area (Å²) in [7, 11) is -3.04. The van der Waals surface area contributed by atoms with Crippen LogP contribution in [0.3, 0.4) is 0 Å². The fourth-order valence-corrected chi connectivity index (χ4v) is 2.87. The third kappa shape index (κ3) is 3.31. The Morgan fingerprint density at radius 2 is 2.09 bits per heavy atom. The molecule has 0 N–H and O–H groups in total. The van der Waals surface area contributed by atoms with Crippen molar-refractivity contribution < 1.29 is 8.42 Å². The highest BCUT2D eigenvalue weighted by molar-refractivity contribution is 7.90. The Hall–Kier alpha value is -2.48. The largest absolute Gasteiger partial charge is 0.319 e. The molecule has 0 unspecified atom stereocenters. The summed E-state index contributed by atoms with van der Waals surface area (Å²) in [6, 6.07) is 7.81. The van der Waals surface area contributed by atoms with Crippen LogP contribution in [0.2, 0.25) is 0 Å². The van der Waals surface area contributed by atoms with Gasteiger partial charge in [0.2, 0.25) is 0 Å². The van der Waals surface area contributed by atoms with Crippen LogP contribution in [0.5, 0.6) is 0 Å². The first-order valence-corrected chi connectivity index (χ1v) is 9.18. The summed E-state index contributed by atoms with van der Waals surface area (Å²) >= 11 is 0. The van der Waals surface area contributed by atoms with Crippen LogP contribution in [-0.2, 0) is 22.9 Å². The molecule has 0 fully saturated rings. The molecule has 0 aliphatic carbocycles. The summed E-state index contributed by atoms with van der Waals surface area (Å²) in [6.45, 7) is 4.66. The molecule has 2 aromatic heterocycles. The van der Waals surface area contributed by atoms with Crippen molar-refractivity contribution in [3.63, 3.8) is 0 Å². The second-order valence-corrected chi connectivity index (χ2v) is 7.58. The fraction of sp³-hybridized carbons (Fsp3) is 0.267. The molecule has 120 valence electrons. The molecule has 2 heterocycles. The van der Waals surface area contributed by atoms with Crippen molar-refractivity contribution in [2.24, 2.45) is 0 Å². The van der Waals surface area contributed by atoms with Crippen LogP contribution in [-0.4, -0.2) is 45.0 Å². The number of allylic oxidation sites excluding steroid dienone is 1. The van der Waals surface area contributed by atoms with Gasteiger partial charge in [-0.05, 0) is 12.1 Å². The molecule has 0 radical (unpaired) electrons. The van der Waals surface area contributed by atoms with Gasteiger partial charge in [0, 0.05) is 12.8 Å². The molecule has 7 nitrogen and oxygen atoms in total. The van der Waals surface area contributed by atoms with E-state index in [2.05, 4.69) is 21.9 Å². The van der Waals surface area contributed by atoms with Gasteiger partial charge in [-0.3, -0.25) is 4.68 Å². The third-order valence-corrected chi connectivity index (χ3v) is 4.35. The zero-order valence-electron chi connectivity index (χ0n) is 12.8. The van der Waals surface area contributed by atoms with Gasteiger partial charge in [0.05, 0.1) is 29.5 Å². The maximum Gasteiger partial charge on any atom is 0.163 e. The third-order valence-electron chi connectivity index (χ3n) is 3.43. The van der Waals surface area contributed by atoms with E-state index in [1.54, 1.807) is 12.3 Å². The lowest BCUT2D eigenvalue weighted by Gasteiger charge is -2.03. The average molecular weight is 331 g/mol. The lowest BCUT2D eigenvalue weighted by Crippen LogP contribution is -2.11. The number of para-hydroxylation sites is 2. The molecule has 8 heteroatoms. The van der Waals surface area contributed by atoms with Crippen LogP contribution in [0.4, 0.5) is 0 Å². The maximum absolute atomic E-state index is 11.2. The van der Waals surface area contributed by atoms with Gasteiger partial charge in [0.25, 0.3) is 0 Å². The predicted molar refractivity (Wildman–Crippen MR) is 88.7 cm³/mol. The van der Waals surface area contributed by atoms with E-state index in [1.807, 2.05) is 28.8 Å². The molecule has 0 aliphatic rings. The van der Waals surface area contributed by atoms with Crippen LogP contribution in [0.1, 0.15) is 0 Å². The molecule has 23 heavy (non-hydrogen) atoms. The van der Waals surface area contributed by atoms with E-state index >= 15 is 0 Å². The summed E-state index contributed by atoms with van der Waals surface area (Å²) in [6.07, 6.45) is 4.71. The van der Waals surface area contributed by atoms with E-state index in [1.165, 1.54) is 10.9 Å². The molecule has 0 amide bonds. The summed E-state index contributed by atoms with van der Waals surface area (Å²) in [5, 5.41) is 8.12. The van der Waals surface area contributed by atoms with Crippen molar-refractivity contribution >= 4 is 20.9 Å². The Morgan fingerprint density at radius 1 is 1.30 bits per heavy atom. The molecular formula is C15H17N5O2S. The Bertz CT molecular complexity index is 955. The number of imidazole rings is 1. The summed E-state index contributed by atoms with van der Waals surface area (Å²) in [5.41, 5.74) is 2.47. The van der Waals surface area contributed by atoms with Gasteiger partial charge in [0.15, 0.2) is 5.82 Å². The van der Waals surface area contributed by atoms with Gasteiger partial charge in [0.1, 0.15) is 15.5 Å². The van der Waals surface area contributed by atoms with E-state index in [9.17, 15) is 8.42 Å². The minimum Gasteiger partial charge on any atom is -0.319 e. The van der Waals surface area contributed by atoms with Crippen molar-refractivity contribution in [1.82, 2.24) is 24.5 Å². The van der Waals surface area contributed by atoms with Gasteiger partial charge in [-0.1, -0.05) is 23.4 Å². The number of hydrogen-bond donors (Lipinski definition) is 0.